The molecule has 0 saturated carbocycles. The topological polar surface area (TPSA) is 78.1 Å². The largest absolute Gasteiger partial charge is 0.507 e. The molecular weight excluding hydrogens is 462 g/mol. The van der Waals surface area contributed by atoms with Crippen molar-refractivity contribution in [3.63, 3.8) is 0 Å². The van der Waals surface area contributed by atoms with E-state index in [0.717, 1.165) is 71.9 Å². The number of likely N-dealkylation sites (N-methyl/N-ethyl adjacent to an activating group) is 1. The summed E-state index contributed by atoms with van der Waals surface area (Å²) in [4.78, 5) is 11.0. The number of hydrogen-bond donors (Lipinski definition) is 2. The van der Waals surface area contributed by atoms with Crippen molar-refractivity contribution in [1.82, 2.24) is 9.88 Å². The van der Waals surface area contributed by atoms with Crippen molar-refractivity contribution in [2.24, 2.45) is 5.73 Å². The number of ether oxygens (including phenoxy) is 1. The van der Waals surface area contributed by atoms with Crippen molar-refractivity contribution in [1.29, 1.82) is 0 Å². The van der Waals surface area contributed by atoms with Crippen LogP contribution in [0.25, 0.3) is 22.3 Å². The minimum Gasteiger partial charge on any atom is -0.507 e. The number of aromatic hydroxyl groups is 1. The standard InChI is InChI=1S/C27H32ClN5O2/c1-18-11-22(19-3-4-25(24(28)13-19)33-10-9-31(2)16-35-17-33)27(34)23(12-18)20-5-7-30-26(14-20)32-8-6-21(29)15-32/h3-5,7,11-14,21,34H,6,8-10,15-17,29H2,1-2H3/t21-/m0/s1. The number of hydrogen-bond acceptors (Lipinski definition) is 7. The second-order valence-electron chi connectivity index (χ2n) is 9.58. The molecule has 1 aromatic heterocycles. The quantitative estimate of drug-likeness (QED) is 0.561. The average Bonchev–Trinajstić information content (AvgIpc) is 3.17. The number of halogens is 1. The Labute approximate surface area is 211 Å². The van der Waals surface area contributed by atoms with E-state index in [1.807, 2.05) is 56.4 Å². The van der Waals surface area contributed by atoms with Crippen molar-refractivity contribution < 1.29 is 9.84 Å². The number of nitrogens with zero attached hydrogens (tertiary/aromatic N) is 4. The third-order valence-electron chi connectivity index (χ3n) is 6.77. The lowest BCUT2D eigenvalue weighted by Crippen LogP contribution is -2.29. The van der Waals surface area contributed by atoms with Crippen LogP contribution in [0, 0.1) is 6.92 Å². The Balaban J connectivity index is 1.47. The Morgan fingerprint density at radius 3 is 2.49 bits per heavy atom. The predicted molar refractivity (Wildman–Crippen MR) is 142 cm³/mol. The number of aryl methyl sites for hydroxylation is 1. The van der Waals surface area contributed by atoms with Gasteiger partial charge in [-0.3, -0.25) is 4.90 Å². The van der Waals surface area contributed by atoms with Crippen LogP contribution in [-0.2, 0) is 4.74 Å². The van der Waals surface area contributed by atoms with Crippen molar-refractivity contribution in [2.45, 2.75) is 19.4 Å². The van der Waals surface area contributed by atoms with Gasteiger partial charge < -0.3 is 25.4 Å². The van der Waals surface area contributed by atoms with Crippen LogP contribution in [0.1, 0.15) is 12.0 Å². The van der Waals surface area contributed by atoms with E-state index in [-0.39, 0.29) is 11.8 Å². The fourth-order valence-corrected chi connectivity index (χ4v) is 5.12. The monoisotopic (exact) mass is 493 g/mol. The summed E-state index contributed by atoms with van der Waals surface area (Å²) in [6, 6.07) is 14.1. The third-order valence-corrected chi connectivity index (χ3v) is 7.07. The first-order valence-corrected chi connectivity index (χ1v) is 12.4. The zero-order valence-corrected chi connectivity index (χ0v) is 21.0. The summed E-state index contributed by atoms with van der Waals surface area (Å²) >= 11 is 6.74. The van der Waals surface area contributed by atoms with Gasteiger partial charge in [0.2, 0.25) is 0 Å². The summed E-state index contributed by atoms with van der Waals surface area (Å²) in [6.45, 7) is 6.56. The van der Waals surface area contributed by atoms with Crippen LogP contribution < -0.4 is 15.5 Å². The summed E-state index contributed by atoms with van der Waals surface area (Å²) in [5, 5.41) is 12.0. The summed E-state index contributed by atoms with van der Waals surface area (Å²) in [7, 11) is 2.04. The summed E-state index contributed by atoms with van der Waals surface area (Å²) in [5.74, 6) is 1.12. The lowest BCUT2D eigenvalue weighted by atomic mass is 9.95. The van der Waals surface area contributed by atoms with Gasteiger partial charge in [0.05, 0.1) is 10.7 Å². The molecule has 0 bridgehead atoms. The zero-order valence-electron chi connectivity index (χ0n) is 20.2. The molecular formula is C27H32ClN5O2. The number of nitrogens with two attached hydrogens (primary N) is 1. The molecule has 0 amide bonds. The van der Waals surface area contributed by atoms with E-state index in [1.54, 1.807) is 6.20 Å². The van der Waals surface area contributed by atoms with Crippen LogP contribution in [0.2, 0.25) is 5.02 Å². The van der Waals surface area contributed by atoms with Gasteiger partial charge in [-0.05, 0) is 73.5 Å². The van der Waals surface area contributed by atoms with Gasteiger partial charge in [-0.1, -0.05) is 17.7 Å². The van der Waals surface area contributed by atoms with Crippen molar-refractivity contribution in [3.8, 4) is 28.0 Å². The van der Waals surface area contributed by atoms with Crippen LogP contribution >= 0.6 is 11.6 Å². The van der Waals surface area contributed by atoms with E-state index < -0.39 is 0 Å². The van der Waals surface area contributed by atoms with Crippen LogP contribution in [0.15, 0.2) is 48.7 Å². The Hall–Kier alpha value is -2.84. The van der Waals surface area contributed by atoms with Crippen LogP contribution in [0.4, 0.5) is 11.5 Å². The molecule has 5 rings (SSSR count). The van der Waals surface area contributed by atoms with E-state index in [1.165, 1.54) is 0 Å². The number of phenols is 1. The highest BCUT2D eigenvalue weighted by molar-refractivity contribution is 6.33. The van der Waals surface area contributed by atoms with Gasteiger partial charge in [0.1, 0.15) is 25.0 Å². The fourth-order valence-electron chi connectivity index (χ4n) is 4.82. The highest BCUT2D eigenvalue weighted by atomic mass is 35.5. The third kappa shape index (κ3) is 5.09. The van der Waals surface area contributed by atoms with E-state index in [0.29, 0.717) is 18.5 Å². The molecule has 2 aliphatic heterocycles. The summed E-state index contributed by atoms with van der Waals surface area (Å²) in [6.07, 6.45) is 2.76. The fraction of sp³-hybridized carbons (Fsp3) is 0.370. The Kier molecular flexibility index (Phi) is 6.84. The predicted octanol–water partition coefficient (Wildman–Crippen LogP) is 4.30. The molecule has 2 aromatic carbocycles. The van der Waals surface area contributed by atoms with Gasteiger partial charge in [-0.25, -0.2) is 4.98 Å². The molecule has 3 N–H and O–H groups in total. The minimum absolute atomic E-state index is 0.175. The molecule has 0 spiro atoms. The Morgan fingerprint density at radius 2 is 1.77 bits per heavy atom. The number of phenolic OH excluding ortho intramolecular Hbond substituents is 1. The normalized spacial score (nSPS) is 19.3. The first-order valence-electron chi connectivity index (χ1n) is 12.0. The Bertz CT molecular complexity index is 1220. The molecule has 184 valence electrons. The lowest BCUT2D eigenvalue weighted by molar-refractivity contribution is 0.0653. The number of rotatable bonds is 4. The molecule has 35 heavy (non-hydrogen) atoms. The van der Waals surface area contributed by atoms with Gasteiger partial charge in [0, 0.05) is 49.5 Å². The minimum atomic E-state index is 0.175. The average molecular weight is 494 g/mol. The molecule has 2 aliphatic rings. The molecule has 0 unspecified atom stereocenters. The van der Waals surface area contributed by atoms with Crippen molar-refractivity contribution >= 4 is 23.1 Å². The number of aromatic nitrogens is 1. The second kappa shape index (κ2) is 10.0. The van der Waals surface area contributed by atoms with Crippen LogP contribution in [-0.4, -0.2) is 67.7 Å². The van der Waals surface area contributed by atoms with E-state index >= 15 is 0 Å². The molecule has 2 fully saturated rings. The highest BCUT2D eigenvalue weighted by Crippen LogP contribution is 2.41. The maximum Gasteiger partial charge on any atom is 0.131 e. The van der Waals surface area contributed by atoms with Crippen molar-refractivity contribution in [2.75, 3.05) is 56.5 Å². The molecule has 1 atom stereocenters. The zero-order chi connectivity index (χ0) is 24.5. The number of pyridine rings is 1. The van der Waals surface area contributed by atoms with Crippen molar-refractivity contribution in [3.05, 3.63) is 59.2 Å². The first kappa shape index (κ1) is 23.9. The summed E-state index contributed by atoms with van der Waals surface area (Å²) in [5.41, 5.74) is 11.4. The van der Waals surface area contributed by atoms with Gasteiger partial charge in [-0.15, -0.1) is 0 Å². The summed E-state index contributed by atoms with van der Waals surface area (Å²) < 4.78 is 5.73. The van der Waals surface area contributed by atoms with Crippen LogP contribution in [0.3, 0.4) is 0 Å². The number of benzene rings is 2. The molecule has 0 aliphatic carbocycles. The van der Waals surface area contributed by atoms with Gasteiger partial charge in [-0.2, -0.15) is 0 Å². The van der Waals surface area contributed by atoms with Gasteiger partial charge in [0.25, 0.3) is 0 Å². The maximum absolute atomic E-state index is 11.4. The van der Waals surface area contributed by atoms with E-state index in [4.69, 9.17) is 22.1 Å². The molecule has 3 aromatic rings. The van der Waals surface area contributed by atoms with Crippen LogP contribution in [0.5, 0.6) is 5.75 Å². The molecule has 3 heterocycles. The van der Waals surface area contributed by atoms with Gasteiger partial charge >= 0.3 is 0 Å². The molecule has 8 heteroatoms. The second-order valence-corrected chi connectivity index (χ2v) is 9.98. The number of anilines is 2. The molecule has 7 nitrogen and oxygen atoms in total. The highest BCUT2D eigenvalue weighted by Gasteiger charge is 2.22. The SMILES string of the molecule is Cc1cc(-c2ccnc(N3CC[C@H](N)C3)c2)c(O)c(-c2ccc(N3CCN(C)COC3)c(Cl)c2)c1. The Morgan fingerprint density at radius 1 is 1.00 bits per heavy atom. The molecule has 2 saturated heterocycles. The van der Waals surface area contributed by atoms with E-state index in [9.17, 15) is 5.11 Å². The maximum atomic E-state index is 11.4. The lowest BCUT2D eigenvalue weighted by Gasteiger charge is -2.23. The van der Waals surface area contributed by atoms with Gasteiger partial charge in [0.15, 0.2) is 0 Å². The van der Waals surface area contributed by atoms with E-state index in [2.05, 4.69) is 19.7 Å². The first-order chi connectivity index (χ1) is 16.9. The smallest absolute Gasteiger partial charge is 0.131 e. The molecule has 0 radical (unpaired) electrons.